The number of aromatic hydroxyl groups is 1. The number of hydrogen-bond donors (Lipinski definition) is 2. The van der Waals surface area contributed by atoms with Gasteiger partial charge in [-0.15, -0.1) is 0 Å². The summed E-state index contributed by atoms with van der Waals surface area (Å²) in [6, 6.07) is 4.38. The molecule has 8 nitrogen and oxygen atoms in total. The summed E-state index contributed by atoms with van der Waals surface area (Å²) in [5.41, 5.74) is -0.739. The number of esters is 1. The predicted molar refractivity (Wildman–Crippen MR) is 78.2 cm³/mol. The van der Waals surface area contributed by atoms with E-state index in [1.807, 2.05) is 0 Å². The molecule has 0 saturated heterocycles. The van der Waals surface area contributed by atoms with Crippen LogP contribution in [0, 0.1) is 5.82 Å². The molecular formula is C13H14FN3O5S. The molecular weight excluding hydrogens is 329 g/mol. The van der Waals surface area contributed by atoms with E-state index in [2.05, 4.69) is 10.2 Å². The number of carbonyl (C=O) groups is 1. The number of carbonyl (C=O) groups excluding carboxylic acids is 1. The van der Waals surface area contributed by atoms with Crippen molar-refractivity contribution >= 4 is 21.7 Å². The van der Waals surface area contributed by atoms with Gasteiger partial charge in [0, 0.05) is 13.1 Å². The minimum Gasteiger partial charge on any atom is -0.506 e. The normalized spacial score (nSPS) is 11.3. The van der Waals surface area contributed by atoms with Crippen LogP contribution in [0.25, 0.3) is 0 Å². The molecule has 0 radical (unpaired) electrons. The first-order chi connectivity index (χ1) is 10.8. The Hall–Kier alpha value is -2.62. The molecule has 0 aliphatic rings. The summed E-state index contributed by atoms with van der Waals surface area (Å²) in [5.74, 6) is -2.25. The second kappa shape index (κ2) is 6.24. The zero-order valence-corrected chi connectivity index (χ0v) is 13.1. The number of hydrogen-bond acceptors (Lipinski definition) is 6. The largest absolute Gasteiger partial charge is 0.506 e. The van der Waals surface area contributed by atoms with Crippen molar-refractivity contribution < 1.29 is 27.4 Å². The highest BCUT2D eigenvalue weighted by Gasteiger charge is 2.29. The third kappa shape index (κ3) is 3.11. The summed E-state index contributed by atoms with van der Waals surface area (Å²) in [6.45, 7) is 1.70. The smallest absolute Gasteiger partial charge is 0.358 e. The number of nitrogens with one attached hydrogen (secondary N) is 1. The number of sulfonamides is 1. The molecule has 0 aliphatic carbocycles. The Kier molecular flexibility index (Phi) is 4.55. The first kappa shape index (κ1) is 16.7. The van der Waals surface area contributed by atoms with Crippen LogP contribution in [-0.2, 0) is 14.8 Å². The number of phenols is 1. The molecule has 0 unspecified atom stereocenters. The van der Waals surface area contributed by atoms with E-state index in [-0.39, 0.29) is 12.3 Å². The molecule has 1 aromatic carbocycles. The van der Waals surface area contributed by atoms with E-state index < -0.39 is 38.3 Å². The number of ether oxygens (including phenoxy) is 1. The van der Waals surface area contributed by atoms with Gasteiger partial charge in [-0.25, -0.2) is 9.18 Å². The van der Waals surface area contributed by atoms with E-state index in [1.54, 1.807) is 6.92 Å². The molecule has 1 aromatic heterocycles. The SMILES string of the molecule is CCOC(=O)c1cc(S(=O)(=O)N(C)c2c(O)cccc2F)[nH]n1. The van der Waals surface area contributed by atoms with Crippen molar-refractivity contribution in [3.8, 4) is 5.75 Å². The molecule has 0 bridgehead atoms. The number of halogens is 1. The van der Waals surface area contributed by atoms with Gasteiger partial charge in [0.25, 0.3) is 10.0 Å². The number of anilines is 1. The van der Waals surface area contributed by atoms with Gasteiger partial charge >= 0.3 is 5.97 Å². The summed E-state index contributed by atoms with van der Waals surface area (Å²) in [5, 5.41) is 15.0. The minimum absolute atomic E-state index is 0.108. The van der Waals surface area contributed by atoms with Crippen LogP contribution in [0.4, 0.5) is 10.1 Å². The monoisotopic (exact) mass is 343 g/mol. The van der Waals surface area contributed by atoms with Crippen LogP contribution in [0.2, 0.25) is 0 Å². The number of rotatable bonds is 5. The lowest BCUT2D eigenvalue weighted by atomic mass is 10.3. The van der Waals surface area contributed by atoms with E-state index in [0.29, 0.717) is 4.31 Å². The van der Waals surface area contributed by atoms with Crippen molar-refractivity contribution in [2.24, 2.45) is 0 Å². The Bertz CT molecular complexity index is 814. The third-order valence-corrected chi connectivity index (χ3v) is 4.63. The first-order valence-electron chi connectivity index (χ1n) is 6.48. The summed E-state index contributed by atoms with van der Waals surface area (Å²) >= 11 is 0. The maximum absolute atomic E-state index is 13.8. The van der Waals surface area contributed by atoms with Crippen molar-refractivity contribution in [2.75, 3.05) is 18.0 Å². The molecule has 1 heterocycles. The van der Waals surface area contributed by atoms with Gasteiger partial charge < -0.3 is 9.84 Å². The number of benzene rings is 1. The number of aromatic nitrogens is 2. The van der Waals surface area contributed by atoms with Gasteiger partial charge in [-0.3, -0.25) is 9.40 Å². The van der Waals surface area contributed by atoms with Gasteiger partial charge in [0.15, 0.2) is 16.5 Å². The van der Waals surface area contributed by atoms with Gasteiger partial charge in [-0.1, -0.05) is 6.07 Å². The van der Waals surface area contributed by atoms with E-state index >= 15 is 0 Å². The highest BCUT2D eigenvalue weighted by atomic mass is 32.2. The van der Waals surface area contributed by atoms with Crippen molar-refractivity contribution in [3.05, 3.63) is 35.8 Å². The third-order valence-electron chi connectivity index (χ3n) is 2.96. The summed E-state index contributed by atoms with van der Waals surface area (Å²) in [6.07, 6.45) is 0. The Morgan fingerprint density at radius 2 is 2.17 bits per heavy atom. The predicted octanol–water partition coefficient (Wildman–Crippen LogP) is 1.26. The zero-order valence-electron chi connectivity index (χ0n) is 12.3. The average Bonchev–Trinajstić information content (AvgIpc) is 2.97. The van der Waals surface area contributed by atoms with Crippen LogP contribution < -0.4 is 4.31 Å². The molecule has 2 rings (SSSR count). The Labute approximate surface area is 131 Å². The van der Waals surface area contributed by atoms with Crippen LogP contribution in [0.5, 0.6) is 5.75 Å². The molecule has 10 heteroatoms. The molecule has 2 aromatic rings. The standard InChI is InChI=1S/C13H14FN3O5S/c1-3-22-13(19)9-7-11(16-15-9)23(20,21)17(2)12-8(14)5-4-6-10(12)18/h4-7,18H,3H2,1-2H3,(H,15,16). The lowest BCUT2D eigenvalue weighted by molar-refractivity contribution is 0.0519. The lowest BCUT2D eigenvalue weighted by Crippen LogP contribution is -2.27. The fourth-order valence-corrected chi connectivity index (χ4v) is 2.97. The molecule has 23 heavy (non-hydrogen) atoms. The van der Waals surface area contributed by atoms with Crippen molar-refractivity contribution in [1.82, 2.24) is 10.2 Å². The molecule has 124 valence electrons. The van der Waals surface area contributed by atoms with Crippen molar-refractivity contribution in [2.45, 2.75) is 11.9 Å². The van der Waals surface area contributed by atoms with E-state index in [4.69, 9.17) is 4.74 Å². The molecule has 0 aliphatic heterocycles. The zero-order chi connectivity index (χ0) is 17.2. The quantitative estimate of drug-likeness (QED) is 0.790. The van der Waals surface area contributed by atoms with Crippen LogP contribution in [0.3, 0.4) is 0 Å². The maximum Gasteiger partial charge on any atom is 0.358 e. The van der Waals surface area contributed by atoms with E-state index in [9.17, 15) is 22.7 Å². The topological polar surface area (TPSA) is 113 Å². The van der Waals surface area contributed by atoms with Crippen LogP contribution >= 0.6 is 0 Å². The second-order valence-electron chi connectivity index (χ2n) is 4.42. The minimum atomic E-state index is -4.26. The Morgan fingerprint density at radius 3 is 2.78 bits per heavy atom. The number of para-hydroxylation sites is 1. The first-order valence-corrected chi connectivity index (χ1v) is 7.92. The van der Waals surface area contributed by atoms with Gasteiger partial charge in [-0.05, 0) is 19.1 Å². The van der Waals surface area contributed by atoms with E-state index in [1.165, 1.54) is 6.07 Å². The summed E-state index contributed by atoms with van der Waals surface area (Å²) in [4.78, 5) is 11.5. The molecule has 2 N–H and O–H groups in total. The Morgan fingerprint density at radius 1 is 1.48 bits per heavy atom. The van der Waals surface area contributed by atoms with Crippen molar-refractivity contribution in [1.29, 1.82) is 0 Å². The average molecular weight is 343 g/mol. The number of nitrogens with zero attached hydrogens (tertiary/aromatic N) is 2. The Balaban J connectivity index is 2.40. The van der Waals surface area contributed by atoms with Crippen LogP contribution in [-0.4, -0.2) is 43.3 Å². The summed E-state index contributed by atoms with van der Waals surface area (Å²) < 4.78 is 44.0. The van der Waals surface area contributed by atoms with Gasteiger partial charge in [0.2, 0.25) is 0 Å². The highest BCUT2D eigenvalue weighted by molar-refractivity contribution is 7.92. The van der Waals surface area contributed by atoms with Gasteiger partial charge in [-0.2, -0.15) is 13.5 Å². The molecule has 0 atom stereocenters. The maximum atomic E-state index is 13.8. The van der Waals surface area contributed by atoms with Gasteiger partial charge in [0.05, 0.1) is 6.61 Å². The molecule has 0 spiro atoms. The number of H-pyrrole nitrogens is 1. The molecule has 0 amide bonds. The fourth-order valence-electron chi connectivity index (χ4n) is 1.83. The second-order valence-corrected chi connectivity index (χ2v) is 6.36. The number of phenolic OH excluding ortho intramolecular Hbond substituents is 1. The highest BCUT2D eigenvalue weighted by Crippen LogP contribution is 2.32. The molecule has 0 saturated carbocycles. The summed E-state index contributed by atoms with van der Waals surface area (Å²) in [7, 11) is -3.19. The fraction of sp³-hybridized carbons (Fsp3) is 0.231. The van der Waals surface area contributed by atoms with Crippen LogP contribution in [0.15, 0.2) is 29.3 Å². The van der Waals surface area contributed by atoms with Gasteiger partial charge in [0.1, 0.15) is 11.4 Å². The van der Waals surface area contributed by atoms with Crippen molar-refractivity contribution in [3.63, 3.8) is 0 Å². The van der Waals surface area contributed by atoms with E-state index in [0.717, 1.165) is 25.2 Å². The number of aromatic amines is 1. The molecule has 0 fully saturated rings. The lowest BCUT2D eigenvalue weighted by Gasteiger charge is -2.19. The van der Waals surface area contributed by atoms with Crippen LogP contribution in [0.1, 0.15) is 17.4 Å².